The molecule has 56 valence electrons. The molecule has 1 aliphatic carbocycles. The minimum Gasteiger partial charge on any atom is -0.316 e. The summed E-state index contributed by atoms with van der Waals surface area (Å²) in [5, 5.41) is 3.23. The fraction of sp³-hybridized carbons (Fsp3) is 0.556. The standard InChI is InChI=1S/C9H15N/c1-4-5-7(2)8-6-9(8)10-3/h4-5,8-10H,2,6H2,1,3H3/b5-4-. The van der Waals surface area contributed by atoms with Crippen LogP contribution in [0.4, 0.5) is 0 Å². The molecule has 10 heavy (non-hydrogen) atoms. The molecule has 2 unspecified atom stereocenters. The minimum atomic E-state index is 0.698. The van der Waals surface area contributed by atoms with Crippen molar-refractivity contribution in [3.63, 3.8) is 0 Å². The molecule has 0 heterocycles. The first-order valence-electron chi connectivity index (χ1n) is 3.78. The van der Waals surface area contributed by atoms with Crippen molar-refractivity contribution in [2.24, 2.45) is 5.92 Å². The smallest absolute Gasteiger partial charge is 0.0140 e. The second-order valence-corrected chi connectivity index (χ2v) is 2.81. The highest BCUT2D eigenvalue weighted by Crippen LogP contribution is 2.36. The molecule has 0 bridgehead atoms. The Bertz CT molecular complexity index is 158. The highest BCUT2D eigenvalue weighted by atomic mass is 14.9. The molecule has 1 N–H and O–H groups in total. The first-order chi connectivity index (χ1) is 4.79. The monoisotopic (exact) mass is 137 g/mol. The van der Waals surface area contributed by atoms with Gasteiger partial charge in [-0.05, 0) is 20.4 Å². The van der Waals surface area contributed by atoms with E-state index in [1.165, 1.54) is 12.0 Å². The fourth-order valence-corrected chi connectivity index (χ4v) is 1.26. The largest absolute Gasteiger partial charge is 0.316 e. The Morgan fingerprint density at radius 3 is 2.80 bits per heavy atom. The maximum Gasteiger partial charge on any atom is 0.0140 e. The molecule has 0 saturated heterocycles. The predicted octanol–water partition coefficient (Wildman–Crippen LogP) is 1.73. The lowest BCUT2D eigenvalue weighted by Crippen LogP contribution is -2.10. The van der Waals surface area contributed by atoms with E-state index in [0.29, 0.717) is 12.0 Å². The molecule has 1 heteroatoms. The van der Waals surface area contributed by atoms with Crippen molar-refractivity contribution in [2.75, 3.05) is 7.05 Å². The summed E-state index contributed by atoms with van der Waals surface area (Å²) in [5.74, 6) is 0.709. The number of allylic oxidation sites excluding steroid dienone is 2. The van der Waals surface area contributed by atoms with Crippen LogP contribution in [0, 0.1) is 5.92 Å². The average Bonchev–Trinajstić information content (AvgIpc) is 2.66. The summed E-state index contributed by atoms with van der Waals surface area (Å²) in [6.07, 6.45) is 5.41. The van der Waals surface area contributed by atoms with Gasteiger partial charge in [-0.1, -0.05) is 24.3 Å². The third-order valence-corrected chi connectivity index (χ3v) is 2.02. The molecule has 1 aliphatic rings. The van der Waals surface area contributed by atoms with Gasteiger partial charge in [-0.2, -0.15) is 0 Å². The molecule has 2 atom stereocenters. The lowest BCUT2D eigenvalue weighted by Gasteiger charge is -1.95. The van der Waals surface area contributed by atoms with Crippen LogP contribution in [0.3, 0.4) is 0 Å². The Balaban J connectivity index is 2.32. The Kier molecular flexibility index (Phi) is 2.28. The van der Waals surface area contributed by atoms with Gasteiger partial charge >= 0.3 is 0 Å². The summed E-state index contributed by atoms with van der Waals surface area (Å²) in [6.45, 7) is 6.01. The average molecular weight is 137 g/mol. The molecule has 0 radical (unpaired) electrons. The van der Waals surface area contributed by atoms with Crippen molar-refractivity contribution in [3.8, 4) is 0 Å². The lowest BCUT2D eigenvalue weighted by atomic mass is 10.2. The predicted molar refractivity (Wildman–Crippen MR) is 44.9 cm³/mol. The zero-order valence-electron chi connectivity index (χ0n) is 6.72. The fourth-order valence-electron chi connectivity index (χ4n) is 1.26. The van der Waals surface area contributed by atoms with Crippen LogP contribution in [0.5, 0.6) is 0 Å². The summed E-state index contributed by atoms with van der Waals surface area (Å²) in [7, 11) is 2.01. The molecule has 0 aromatic rings. The quantitative estimate of drug-likeness (QED) is 0.584. The normalized spacial score (nSPS) is 31.0. The van der Waals surface area contributed by atoms with Gasteiger partial charge in [0.1, 0.15) is 0 Å². The molecule has 0 spiro atoms. The van der Waals surface area contributed by atoms with Gasteiger partial charge in [0, 0.05) is 12.0 Å². The van der Waals surface area contributed by atoms with E-state index in [2.05, 4.69) is 18.0 Å². The molecule has 0 aromatic heterocycles. The highest BCUT2D eigenvalue weighted by Gasteiger charge is 2.36. The molecule has 1 rings (SSSR count). The van der Waals surface area contributed by atoms with E-state index in [1.54, 1.807) is 0 Å². The van der Waals surface area contributed by atoms with E-state index < -0.39 is 0 Å². The van der Waals surface area contributed by atoms with Crippen molar-refractivity contribution in [3.05, 3.63) is 24.3 Å². The van der Waals surface area contributed by atoms with E-state index in [9.17, 15) is 0 Å². The molecule has 1 nitrogen and oxygen atoms in total. The molecule has 1 saturated carbocycles. The SMILES string of the molecule is C=C(/C=C\C)C1CC1NC. The minimum absolute atomic E-state index is 0.698. The molecular formula is C9H15N. The maximum absolute atomic E-state index is 3.98. The topological polar surface area (TPSA) is 12.0 Å². The summed E-state index contributed by atoms with van der Waals surface area (Å²) >= 11 is 0. The third kappa shape index (κ3) is 1.48. The molecule has 0 aliphatic heterocycles. The van der Waals surface area contributed by atoms with Crippen LogP contribution in [0.15, 0.2) is 24.3 Å². The Morgan fingerprint density at radius 1 is 1.70 bits per heavy atom. The van der Waals surface area contributed by atoms with Crippen molar-refractivity contribution in [1.82, 2.24) is 5.32 Å². The Labute approximate surface area is 62.8 Å². The summed E-state index contributed by atoms with van der Waals surface area (Å²) in [4.78, 5) is 0. The van der Waals surface area contributed by atoms with Crippen LogP contribution in [0.2, 0.25) is 0 Å². The Morgan fingerprint density at radius 2 is 2.40 bits per heavy atom. The number of hydrogen-bond donors (Lipinski definition) is 1. The van der Waals surface area contributed by atoms with E-state index in [1.807, 2.05) is 20.0 Å². The van der Waals surface area contributed by atoms with Gasteiger partial charge in [0.15, 0.2) is 0 Å². The van der Waals surface area contributed by atoms with Gasteiger partial charge < -0.3 is 5.32 Å². The van der Waals surface area contributed by atoms with Crippen molar-refractivity contribution < 1.29 is 0 Å². The zero-order chi connectivity index (χ0) is 7.56. The first kappa shape index (κ1) is 7.55. The van der Waals surface area contributed by atoms with E-state index in [-0.39, 0.29) is 0 Å². The summed E-state index contributed by atoms with van der Waals surface area (Å²) < 4.78 is 0. The zero-order valence-corrected chi connectivity index (χ0v) is 6.72. The van der Waals surface area contributed by atoms with Crippen molar-refractivity contribution >= 4 is 0 Å². The van der Waals surface area contributed by atoms with Crippen LogP contribution in [0.1, 0.15) is 13.3 Å². The van der Waals surface area contributed by atoms with Gasteiger partial charge in [0.25, 0.3) is 0 Å². The van der Waals surface area contributed by atoms with E-state index in [0.717, 1.165) is 0 Å². The van der Waals surface area contributed by atoms with Gasteiger partial charge in [-0.25, -0.2) is 0 Å². The van der Waals surface area contributed by atoms with Crippen molar-refractivity contribution in [1.29, 1.82) is 0 Å². The van der Waals surface area contributed by atoms with Gasteiger partial charge in [0.05, 0.1) is 0 Å². The van der Waals surface area contributed by atoms with Gasteiger partial charge in [-0.15, -0.1) is 0 Å². The van der Waals surface area contributed by atoms with Gasteiger partial charge in [-0.3, -0.25) is 0 Å². The molecular weight excluding hydrogens is 122 g/mol. The molecule has 0 aromatic carbocycles. The Hall–Kier alpha value is -0.560. The van der Waals surface area contributed by atoms with E-state index >= 15 is 0 Å². The van der Waals surface area contributed by atoms with Crippen LogP contribution >= 0.6 is 0 Å². The number of nitrogens with one attached hydrogen (secondary N) is 1. The summed E-state index contributed by atoms with van der Waals surface area (Å²) in [5.41, 5.74) is 1.27. The first-order valence-corrected chi connectivity index (χ1v) is 3.78. The van der Waals surface area contributed by atoms with Crippen LogP contribution in [-0.4, -0.2) is 13.1 Å². The summed E-state index contributed by atoms with van der Waals surface area (Å²) in [6, 6.07) is 0.698. The maximum atomic E-state index is 3.98. The van der Waals surface area contributed by atoms with Crippen molar-refractivity contribution in [2.45, 2.75) is 19.4 Å². The highest BCUT2D eigenvalue weighted by molar-refractivity contribution is 5.25. The van der Waals surface area contributed by atoms with E-state index in [4.69, 9.17) is 0 Å². The van der Waals surface area contributed by atoms with Crippen LogP contribution < -0.4 is 5.32 Å². The lowest BCUT2D eigenvalue weighted by molar-refractivity contribution is 0.766. The second-order valence-electron chi connectivity index (χ2n) is 2.81. The third-order valence-electron chi connectivity index (χ3n) is 2.02. The molecule has 0 amide bonds. The van der Waals surface area contributed by atoms with Crippen LogP contribution in [-0.2, 0) is 0 Å². The number of hydrogen-bond acceptors (Lipinski definition) is 1. The van der Waals surface area contributed by atoms with Crippen LogP contribution in [0.25, 0.3) is 0 Å². The molecule has 1 fully saturated rings. The number of rotatable bonds is 3. The second kappa shape index (κ2) is 3.02. The van der Waals surface area contributed by atoms with Gasteiger partial charge in [0.2, 0.25) is 0 Å².